The quantitative estimate of drug-likeness (QED) is 0.471. The second-order valence-electron chi connectivity index (χ2n) is 9.85. The van der Waals surface area contributed by atoms with Crippen LogP contribution in [0.25, 0.3) is 11.1 Å². The highest BCUT2D eigenvalue weighted by Gasteiger charge is 2.30. The van der Waals surface area contributed by atoms with Crippen LogP contribution >= 0.6 is 0 Å². The molecule has 1 aliphatic carbocycles. The van der Waals surface area contributed by atoms with E-state index >= 15 is 0 Å². The number of rotatable bonds is 10. The number of carboxylic acids is 1. The number of carboxylic acid groups (broad SMARTS) is 1. The summed E-state index contributed by atoms with van der Waals surface area (Å²) in [6, 6.07) is 15.9. The topological polar surface area (TPSA) is 105 Å². The van der Waals surface area contributed by atoms with E-state index in [-0.39, 0.29) is 37.2 Å². The van der Waals surface area contributed by atoms with Gasteiger partial charge in [0.05, 0.1) is 0 Å². The first-order valence-electron chi connectivity index (χ1n) is 11.7. The Morgan fingerprint density at radius 1 is 1.00 bits per heavy atom. The van der Waals surface area contributed by atoms with Crippen molar-refractivity contribution in [3.05, 3.63) is 59.7 Å². The summed E-state index contributed by atoms with van der Waals surface area (Å²) in [4.78, 5) is 36.1. The largest absolute Gasteiger partial charge is 0.481 e. The lowest BCUT2D eigenvalue weighted by Crippen LogP contribution is -2.48. The van der Waals surface area contributed by atoms with Gasteiger partial charge in [-0.05, 0) is 48.4 Å². The van der Waals surface area contributed by atoms with E-state index in [1.165, 1.54) is 0 Å². The summed E-state index contributed by atoms with van der Waals surface area (Å²) in [5.41, 5.74) is 3.95. The molecule has 3 rings (SSSR count). The molecule has 2 aromatic rings. The summed E-state index contributed by atoms with van der Waals surface area (Å²) >= 11 is 0. The summed E-state index contributed by atoms with van der Waals surface area (Å²) in [5, 5.41) is 14.6. The highest BCUT2D eigenvalue weighted by Crippen LogP contribution is 2.44. The number of aliphatic carboxylic acids is 1. The van der Waals surface area contributed by atoms with Gasteiger partial charge in [0, 0.05) is 30.3 Å². The van der Waals surface area contributed by atoms with Crippen molar-refractivity contribution in [3.63, 3.8) is 0 Å². The van der Waals surface area contributed by atoms with Gasteiger partial charge in [-0.2, -0.15) is 0 Å². The van der Waals surface area contributed by atoms with E-state index in [0.717, 1.165) is 22.3 Å². The molecule has 182 valence electrons. The Kier molecular flexibility index (Phi) is 7.97. The summed E-state index contributed by atoms with van der Waals surface area (Å²) in [6.07, 6.45) is -0.184. The number of nitrogens with one attached hydrogen (secondary N) is 2. The van der Waals surface area contributed by atoms with Crippen LogP contribution < -0.4 is 10.6 Å². The van der Waals surface area contributed by atoms with E-state index in [2.05, 4.69) is 34.9 Å². The Hall–Kier alpha value is -3.35. The zero-order chi connectivity index (χ0) is 24.9. The molecule has 0 aromatic heterocycles. The molecule has 0 aliphatic heterocycles. The van der Waals surface area contributed by atoms with Crippen LogP contribution in [0.5, 0.6) is 0 Å². The van der Waals surface area contributed by atoms with E-state index in [4.69, 9.17) is 9.84 Å². The molecule has 34 heavy (non-hydrogen) atoms. The lowest BCUT2D eigenvalue weighted by atomic mass is 9.96. The predicted molar refractivity (Wildman–Crippen MR) is 131 cm³/mol. The van der Waals surface area contributed by atoms with Crippen LogP contribution in [0, 0.1) is 5.92 Å². The van der Waals surface area contributed by atoms with E-state index in [1.54, 1.807) is 13.8 Å². The molecular formula is C27H34N2O5. The maximum atomic E-state index is 12.7. The Morgan fingerprint density at radius 3 is 2.09 bits per heavy atom. The maximum Gasteiger partial charge on any atom is 0.407 e. The Morgan fingerprint density at radius 2 is 1.56 bits per heavy atom. The van der Waals surface area contributed by atoms with Crippen LogP contribution in [0.3, 0.4) is 0 Å². The standard InChI is InChI=1S/C27H34N2O5/c1-17(2)23(15-24(30)29-27(3,4)14-13-25(31)32)28-26(33)34-16-22-20-11-7-5-9-18(20)19-10-6-8-12-21(19)22/h5-12,17,22-23H,13-16H2,1-4H3,(H,28,33)(H,29,30)(H,31,32)/t23-/m0/s1. The molecule has 0 saturated heterocycles. The van der Waals surface area contributed by atoms with Gasteiger partial charge in [-0.3, -0.25) is 9.59 Å². The molecule has 2 aromatic carbocycles. The number of carbonyl (C=O) groups excluding carboxylic acids is 2. The minimum Gasteiger partial charge on any atom is -0.481 e. The molecule has 7 nitrogen and oxygen atoms in total. The van der Waals surface area contributed by atoms with Gasteiger partial charge in [-0.1, -0.05) is 62.4 Å². The van der Waals surface area contributed by atoms with Gasteiger partial charge in [0.15, 0.2) is 0 Å². The monoisotopic (exact) mass is 466 g/mol. The highest BCUT2D eigenvalue weighted by molar-refractivity contribution is 5.80. The lowest BCUT2D eigenvalue weighted by molar-refractivity contribution is -0.137. The zero-order valence-electron chi connectivity index (χ0n) is 20.3. The van der Waals surface area contributed by atoms with Crippen LogP contribution in [0.2, 0.25) is 0 Å². The fourth-order valence-corrected chi connectivity index (χ4v) is 4.35. The van der Waals surface area contributed by atoms with Crippen LogP contribution in [-0.4, -0.2) is 41.3 Å². The number of hydrogen-bond donors (Lipinski definition) is 3. The summed E-state index contributed by atoms with van der Waals surface area (Å²) in [6.45, 7) is 7.64. The molecular weight excluding hydrogens is 432 g/mol. The molecule has 2 amide bonds. The minimum atomic E-state index is -0.903. The summed E-state index contributed by atoms with van der Waals surface area (Å²) < 4.78 is 5.62. The first-order chi connectivity index (χ1) is 16.1. The summed E-state index contributed by atoms with van der Waals surface area (Å²) in [5.74, 6) is -1.17. The minimum absolute atomic E-state index is 0.00774. The van der Waals surface area contributed by atoms with E-state index in [1.807, 2.05) is 38.1 Å². The number of carbonyl (C=O) groups is 3. The fourth-order valence-electron chi connectivity index (χ4n) is 4.35. The molecule has 1 aliphatic rings. The van der Waals surface area contributed by atoms with Crippen molar-refractivity contribution in [1.82, 2.24) is 10.6 Å². The normalized spacial score (nSPS) is 13.7. The molecule has 7 heteroatoms. The molecule has 0 fully saturated rings. The number of alkyl carbamates (subject to hydrolysis) is 1. The molecule has 1 atom stereocenters. The maximum absolute atomic E-state index is 12.7. The first kappa shape index (κ1) is 25.3. The van der Waals surface area contributed by atoms with Crippen molar-refractivity contribution in [2.45, 2.75) is 64.5 Å². The van der Waals surface area contributed by atoms with Gasteiger partial charge >= 0.3 is 12.1 Å². The Balaban J connectivity index is 1.57. The highest BCUT2D eigenvalue weighted by atomic mass is 16.5. The number of ether oxygens (including phenoxy) is 1. The number of amides is 2. The van der Waals surface area contributed by atoms with E-state index < -0.39 is 23.6 Å². The molecule has 0 spiro atoms. The van der Waals surface area contributed by atoms with Gasteiger partial charge in [-0.15, -0.1) is 0 Å². The van der Waals surface area contributed by atoms with Crippen LogP contribution in [0.1, 0.15) is 64.0 Å². The van der Waals surface area contributed by atoms with Crippen molar-refractivity contribution >= 4 is 18.0 Å². The van der Waals surface area contributed by atoms with E-state index in [9.17, 15) is 14.4 Å². The third-order valence-electron chi connectivity index (χ3n) is 6.30. The number of fused-ring (bicyclic) bond motifs is 3. The van der Waals surface area contributed by atoms with E-state index in [0.29, 0.717) is 6.42 Å². The molecule has 0 heterocycles. The van der Waals surface area contributed by atoms with Crippen molar-refractivity contribution < 1.29 is 24.2 Å². The van der Waals surface area contributed by atoms with Crippen molar-refractivity contribution in [2.75, 3.05) is 6.61 Å². The van der Waals surface area contributed by atoms with Gasteiger partial charge in [0.25, 0.3) is 0 Å². The molecule has 0 unspecified atom stereocenters. The molecule has 0 bridgehead atoms. The average molecular weight is 467 g/mol. The number of hydrogen-bond acceptors (Lipinski definition) is 4. The van der Waals surface area contributed by atoms with Gasteiger partial charge in [0.1, 0.15) is 6.61 Å². The molecule has 0 radical (unpaired) electrons. The van der Waals surface area contributed by atoms with Crippen molar-refractivity contribution in [1.29, 1.82) is 0 Å². The predicted octanol–water partition coefficient (Wildman–Crippen LogP) is 4.70. The van der Waals surface area contributed by atoms with Crippen LogP contribution in [-0.2, 0) is 14.3 Å². The molecule has 0 saturated carbocycles. The second kappa shape index (κ2) is 10.7. The van der Waals surface area contributed by atoms with Crippen molar-refractivity contribution in [3.8, 4) is 11.1 Å². The van der Waals surface area contributed by atoms with Gasteiger partial charge < -0.3 is 20.5 Å². The van der Waals surface area contributed by atoms with Gasteiger partial charge in [0.2, 0.25) is 5.91 Å². The third kappa shape index (κ3) is 6.37. The lowest BCUT2D eigenvalue weighted by Gasteiger charge is -2.28. The Labute approximate surface area is 200 Å². The van der Waals surface area contributed by atoms with Crippen LogP contribution in [0.4, 0.5) is 4.79 Å². The zero-order valence-corrected chi connectivity index (χ0v) is 20.3. The van der Waals surface area contributed by atoms with Gasteiger partial charge in [-0.25, -0.2) is 4.79 Å². The Bertz CT molecular complexity index is 1000. The third-order valence-corrected chi connectivity index (χ3v) is 6.30. The fraction of sp³-hybridized carbons (Fsp3) is 0.444. The average Bonchev–Trinajstić information content (AvgIpc) is 3.09. The van der Waals surface area contributed by atoms with Crippen LogP contribution in [0.15, 0.2) is 48.5 Å². The smallest absolute Gasteiger partial charge is 0.407 e. The number of benzene rings is 2. The molecule has 3 N–H and O–H groups in total. The summed E-state index contributed by atoms with van der Waals surface area (Å²) in [7, 11) is 0. The SMILES string of the molecule is CC(C)[C@H](CC(=O)NC(C)(C)CCC(=O)O)NC(=O)OCC1c2ccccc2-c2ccccc21. The second-order valence-corrected chi connectivity index (χ2v) is 9.85. The first-order valence-corrected chi connectivity index (χ1v) is 11.7. The van der Waals surface area contributed by atoms with Crippen molar-refractivity contribution in [2.24, 2.45) is 5.92 Å².